The van der Waals surface area contributed by atoms with E-state index in [9.17, 15) is 4.79 Å². The molecule has 0 saturated carbocycles. The topological polar surface area (TPSA) is 50.4 Å². The lowest BCUT2D eigenvalue weighted by atomic mass is 9.88. The third-order valence-electron chi connectivity index (χ3n) is 4.14. The molecule has 4 nitrogen and oxygen atoms in total. The van der Waals surface area contributed by atoms with E-state index in [1.54, 1.807) is 0 Å². The van der Waals surface area contributed by atoms with Crippen LogP contribution in [0.1, 0.15) is 32.1 Å². The number of carbonyl (C=O) groups excluding carboxylic acids is 1. The van der Waals surface area contributed by atoms with Crippen molar-refractivity contribution in [1.29, 1.82) is 0 Å². The first-order valence-electron chi connectivity index (χ1n) is 6.47. The van der Waals surface area contributed by atoms with E-state index < -0.39 is 0 Å². The minimum absolute atomic E-state index is 0.209. The second-order valence-electron chi connectivity index (χ2n) is 5.31. The molecule has 4 unspecified atom stereocenters. The van der Waals surface area contributed by atoms with Gasteiger partial charge in [-0.3, -0.25) is 4.79 Å². The summed E-state index contributed by atoms with van der Waals surface area (Å²) in [4.78, 5) is 12.1. The Labute approximate surface area is 96.1 Å². The van der Waals surface area contributed by atoms with Gasteiger partial charge in [-0.05, 0) is 32.1 Å². The quantitative estimate of drug-likeness (QED) is 0.715. The molecule has 3 aliphatic heterocycles. The van der Waals surface area contributed by atoms with E-state index in [4.69, 9.17) is 4.74 Å². The number of carbonyl (C=O) groups is 1. The van der Waals surface area contributed by atoms with Gasteiger partial charge in [-0.25, -0.2) is 0 Å². The first-order chi connectivity index (χ1) is 7.83. The highest BCUT2D eigenvalue weighted by Crippen LogP contribution is 2.33. The fraction of sp³-hybridized carbons (Fsp3) is 0.917. The van der Waals surface area contributed by atoms with Crippen LogP contribution in [0, 0.1) is 5.92 Å². The zero-order valence-corrected chi connectivity index (χ0v) is 9.58. The summed E-state index contributed by atoms with van der Waals surface area (Å²) in [6, 6.07) is 1.29. The van der Waals surface area contributed by atoms with Gasteiger partial charge in [-0.15, -0.1) is 0 Å². The van der Waals surface area contributed by atoms with Crippen LogP contribution < -0.4 is 10.6 Å². The predicted octanol–water partition coefficient (Wildman–Crippen LogP) is 0.422. The van der Waals surface area contributed by atoms with E-state index in [0.29, 0.717) is 18.7 Å². The summed E-state index contributed by atoms with van der Waals surface area (Å²) < 4.78 is 5.38. The van der Waals surface area contributed by atoms with E-state index >= 15 is 0 Å². The molecule has 3 saturated heterocycles. The SMILES string of the molecule is O=C(NC1CCCOC1)C1CC2CCC1N2. The van der Waals surface area contributed by atoms with Crippen LogP contribution in [0.2, 0.25) is 0 Å². The summed E-state index contributed by atoms with van der Waals surface area (Å²) in [5.74, 6) is 0.455. The molecule has 2 bridgehead atoms. The van der Waals surface area contributed by atoms with E-state index in [1.165, 1.54) is 12.8 Å². The number of hydrogen-bond acceptors (Lipinski definition) is 3. The minimum Gasteiger partial charge on any atom is -0.379 e. The standard InChI is InChI=1S/C12H20N2O2/c15-12(14-9-2-1-5-16-7-9)10-6-8-3-4-11(10)13-8/h8-11,13H,1-7H2,(H,14,15). The fourth-order valence-corrected chi connectivity index (χ4v) is 3.28. The number of rotatable bonds is 2. The third-order valence-corrected chi connectivity index (χ3v) is 4.14. The van der Waals surface area contributed by atoms with Crippen molar-refractivity contribution in [1.82, 2.24) is 10.6 Å². The molecule has 0 aromatic heterocycles. The molecule has 90 valence electrons. The second-order valence-corrected chi connectivity index (χ2v) is 5.31. The molecular formula is C12H20N2O2. The van der Waals surface area contributed by atoms with Gasteiger partial charge in [-0.2, -0.15) is 0 Å². The smallest absolute Gasteiger partial charge is 0.225 e. The molecule has 3 aliphatic rings. The van der Waals surface area contributed by atoms with Crippen LogP contribution >= 0.6 is 0 Å². The fourth-order valence-electron chi connectivity index (χ4n) is 3.28. The number of fused-ring (bicyclic) bond motifs is 2. The molecule has 0 aromatic rings. The Hall–Kier alpha value is -0.610. The zero-order chi connectivity index (χ0) is 11.0. The monoisotopic (exact) mass is 224 g/mol. The summed E-state index contributed by atoms with van der Waals surface area (Å²) in [6.07, 6.45) is 5.59. The highest BCUT2D eigenvalue weighted by Gasteiger charge is 2.43. The van der Waals surface area contributed by atoms with Crippen molar-refractivity contribution in [3.63, 3.8) is 0 Å². The minimum atomic E-state index is 0.209. The summed E-state index contributed by atoms with van der Waals surface area (Å²) >= 11 is 0. The summed E-state index contributed by atoms with van der Waals surface area (Å²) in [7, 11) is 0. The van der Waals surface area contributed by atoms with Crippen LogP contribution in [0.15, 0.2) is 0 Å². The van der Waals surface area contributed by atoms with Crippen LogP contribution in [-0.2, 0) is 9.53 Å². The largest absolute Gasteiger partial charge is 0.379 e. The molecule has 0 radical (unpaired) electrons. The highest BCUT2D eigenvalue weighted by atomic mass is 16.5. The average Bonchev–Trinajstić information content (AvgIpc) is 2.92. The van der Waals surface area contributed by atoms with Crippen LogP contribution in [0.4, 0.5) is 0 Å². The van der Waals surface area contributed by atoms with Gasteiger partial charge in [-0.1, -0.05) is 0 Å². The Morgan fingerprint density at radius 1 is 1.31 bits per heavy atom. The molecule has 3 rings (SSSR count). The maximum atomic E-state index is 12.1. The van der Waals surface area contributed by atoms with Crippen molar-refractivity contribution in [2.24, 2.45) is 5.92 Å². The van der Waals surface area contributed by atoms with Crippen LogP contribution in [0.3, 0.4) is 0 Å². The lowest BCUT2D eigenvalue weighted by Crippen LogP contribution is -2.45. The third kappa shape index (κ3) is 1.96. The van der Waals surface area contributed by atoms with Crippen LogP contribution in [0.5, 0.6) is 0 Å². The Bertz CT molecular complexity index is 276. The van der Waals surface area contributed by atoms with Gasteiger partial charge >= 0.3 is 0 Å². The van der Waals surface area contributed by atoms with E-state index in [-0.39, 0.29) is 17.9 Å². The van der Waals surface area contributed by atoms with Gasteiger partial charge < -0.3 is 15.4 Å². The predicted molar refractivity (Wildman–Crippen MR) is 60.0 cm³/mol. The maximum Gasteiger partial charge on any atom is 0.225 e. The molecule has 16 heavy (non-hydrogen) atoms. The summed E-state index contributed by atoms with van der Waals surface area (Å²) in [5.41, 5.74) is 0. The molecule has 3 fully saturated rings. The van der Waals surface area contributed by atoms with Gasteiger partial charge in [0.2, 0.25) is 5.91 Å². The van der Waals surface area contributed by atoms with Gasteiger partial charge in [0.1, 0.15) is 0 Å². The maximum absolute atomic E-state index is 12.1. The molecule has 1 amide bonds. The number of hydrogen-bond donors (Lipinski definition) is 2. The van der Waals surface area contributed by atoms with Crippen molar-refractivity contribution >= 4 is 5.91 Å². The molecule has 4 heteroatoms. The summed E-state index contributed by atoms with van der Waals surface area (Å²) in [6.45, 7) is 1.54. The molecular weight excluding hydrogens is 204 g/mol. The van der Waals surface area contributed by atoms with E-state index in [1.807, 2.05) is 0 Å². The van der Waals surface area contributed by atoms with Crippen molar-refractivity contribution in [2.75, 3.05) is 13.2 Å². The lowest BCUT2D eigenvalue weighted by molar-refractivity contribution is -0.127. The highest BCUT2D eigenvalue weighted by molar-refractivity contribution is 5.80. The average molecular weight is 224 g/mol. The molecule has 0 spiro atoms. The van der Waals surface area contributed by atoms with Crippen molar-refractivity contribution in [3.8, 4) is 0 Å². The molecule has 4 atom stereocenters. The first kappa shape index (κ1) is 10.5. The van der Waals surface area contributed by atoms with Crippen LogP contribution in [0.25, 0.3) is 0 Å². The van der Waals surface area contributed by atoms with Crippen molar-refractivity contribution in [3.05, 3.63) is 0 Å². The first-order valence-corrected chi connectivity index (χ1v) is 6.47. The van der Waals surface area contributed by atoms with Gasteiger partial charge in [0, 0.05) is 18.7 Å². The van der Waals surface area contributed by atoms with Gasteiger partial charge in [0.05, 0.1) is 18.6 Å². The molecule has 0 aliphatic carbocycles. The Balaban J connectivity index is 1.53. The number of amides is 1. The molecule has 0 aromatic carbocycles. The second kappa shape index (κ2) is 4.34. The Kier molecular flexibility index (Phi) is 2.86. The van der Waals surface area contributed by atoms with E-state index in [2.05, 4.69) is 10.6 Å². The van der Waals surface area contributed by atoms with E-state index in [0.717, 1.165) is 25.9 Å². The normalized spacial score (nSPS) is 42.2. The zero-order valence-electron chi connectivity index (χ0n) is 9.58. The number of ether oxygens (including phenoxy) is 1. The van der Waals surface area contributed by atoms with Crippen molar-refractivity contribution in [2.45, 2.75) is 50.2 Å². The van der Waals surface area contributed by atoms with Crippen molar-refractivity contribution < 1.29 is 9.53 Å². The van der Waals surface area contributed by atoms with Gasteiger partial charge in [0.15, 0.2) is 0 Å². The Morgan fingerprint density at radius 3 is 2.88 bits per heavy atom. The Morgan fingerprint density at radius 2 is 2.25 bits per heavy atom. The van der Waals surface area contributed by atoms with Gasteiger partial charge in [0.25, 0.3) is 0 Å². The summed E-state index contributed by atoms with van der Waals surface area (Å²) in [5, 5.41) is 6.65. The molecule has 2 N–H and O–H groups in total. The number of nitrogens with one attached hydrogen (secondary N) is 2. The van der Waals surface area contributed by atoms with Crippen LogP contribution in [-0.4, -0.2) is 37.2 Å². The lowest BCUT2D eigenvalue weighted by Gasteiger charge is -2.26. The molecule has 3 heterocycles.